The van der Waals surface area contributed by atoms with E-state index in [1.807, 2.05) is 56.3 Å². The molecule has 1 heterocycles. The van der Waals surface area contributed by atoms with Crippen LogP contribution >= 0.6 is 15.9 Å². The number of aryl methyl sites for hydroxylation is 2. The number of fused-ring (bicyclic) bond motifs is 1. The molecule has 0 bridgehead atoms. The van der Waals surface area contributed by atoms with Crippen LogP contribution in [0.3, 0.4) is 0 Å². The molecule has 5 heteroatoms. The second-order valence-corrected chi connectivity index (χ2v) is 6.91. The molecule has 2 aromatic carbocycles. The largest absolute Gasteiger partial charge is 0.229 e. The summed E-state index contributed by atoms with van der Waals surface area (Å²) in [5.41, 5.74) is 2.90. The number of benzene rings is 2. The van der Waals surface area contributed by atoms with E-state index in [2.05, 4.69) is 21.0 Å². The standard InChI is InChI=1S/C15H13BrN2OS/c1-10-3-6-13(7-4-10)20(19)18-15-9-12(16)5-8-14(15)11(2)17-18/h3-9H,1-2H3. The van der Waals surface area contributed by atoms with Gasteiger partial charge in [-0.25, -0.2) is 4.21 Å². The summed E-state index contributed by atoms with van der Waals surface area (Å²) < 4.78 is 15.2. The Kier molecular flexibility index (Phi) is 3.48. The van der Waals surface area contributed by atoms with Crippen LogP contribution in [-0.4, -0.2) is 13.4 Å². The predicted molar refractivity (Wildman–Crippen MR) is 85.2 cm³/mol. The van der Waals surface area contributed by atoms with Crippen molar-refractivity contribution in [3.63, 3.8) is 0 Å². The predicted octanol–water partition coefficient (Wildman–Crippen LogP) is 3.99. The van der Waals surface area contributed by atoms with Crippen molar-refractivity contribution < 1.29 is 4.21 Å². The number of nitrogens with zero attached hydrogens (tertiary/aromatic N) is 2. The van der Waals surface area contributed by atoms with Gasteiger partial charge in [-0.15, -0.1) is 0 Å². The highest BCUT2D eigenvalue weighted by atomic mass is 79.9. The highest BCUT2D eigenvalue weighted by Crippen LogP contribution is 2.24. The molecular formula is C15H13BrN2OS. The molecule has 3 rings (SSSR count). The molecule has 0 spiro atoms. The Labute approximate surface area is 128 Å². The van der Waals surface area contributed by atoms with Gasteiger partial charge in [-0.2, -0.15) is 9.19 Å². The zero-order valence-electron chi connectivity index (χ0n) is 11.1. The highest BCUT2D eigenvalue weighted by Gasteiger charge is 2.14. The van der Waals surface area contributed by atoms with Crippen LogP contribution in [0.2, 0.25) is 0 Å². The lowest BCUT2D eigenvalue weighted by atomic mass is 10.2. The molecule has 0 saturated heterocycles. The lowest BCUT2D eigenvalue weighted by Gasteiger charge is -2.04. The SMILES string of the molecule is Cc1ccc(S(=O)n2nc(C)c3ccc(Br)cc32)cc1. The van der Waals surface area contributed by atoms with E-state index < -0.39 is 11.0 Å². The van der Waals surface area contributed by atoms with Gasteiger partial charge in [0.2, 0.25) is 0 Å². The van der Waals surface area contributed by atoms with Gasteiger partial charge >= 0.3 is 0 Å². The van der Waals surface area contributed by atoms with E-state index in [1.165, 1.54) is 0 Å². The number of rotatable bonds is 2. The molecular weight excluding hydrogens is 336 g/mol. The van der Waals surface area contributed by atoms with Gasteiger partial charge in [-0.05, 0) is 44.2 Å². The first-order chi connectivity index (χ1) is 9.56. The molecule has 0 amide bonds. The second-order valence-electron chi connectivity index (χ2n) is 4.68. The van der Waals surface area contributed by atoms with Gasteiger partial charge in [0.15, 0.2) is 11.0 Å². The maximum atomic E-state index is 12.7. The molecule has 0 saturated carbocycles. The number of halogens is 1. The van der Waals surface area contributed by atoms with Crippen LogP contribution in [0.5, 0.6) is 0 Å². The minimum Gasteiger partial charge on any atom is -0.229 e. The smallest absolute Gasteiger partial charge is 0.173 e. The van der Waals surface area contributed by atoms with Crippen LogP contribution in [0, 0.1) is 13.8 Å². The van der Waals surface area contributed by atoms with E-state index in [-0.39, 0.29) is 0 Å². The molecule has 1 unspecified atom stereocenters. The van der Waals surface area contributed by atoms with Crippen LogP contribution in [0.4, 0.5) is 0 Å². The van der Waals surface area contributed by atoms with Crippen LogP contribution in [0.15, 0.2) is 51.8 Å². The summed E-state index contributed by atoms with van der Waals surface area (Å²) in [6, 6.07) is 13.6. The van der Waals surface area contributed by atoms with E-state index in [0.29, 0.717) is 0 Å². The molecule has 3 aromatic rings. The van der Waals surface area contributed by atoms with Crippen molar-refractivity contribution in [2.45, 2.75) is 18.7 Å². The Bertz CT molecular complexity index is 809. The molecule has 3 nitrogen and oxygen atoms in total. The molecule has 0 N–H and O–H groups in total. The van der Waals surface area contributed by atoms with Crippen LogP contribution in [0.25, 0.3) is 10.9 Å². The van der Waals surface area contributed by atoms with E-state index in [9.17, 15) is 4.21 Å². The van der Waals surface area contributed by atoms with Gasteiger partial charge in [0.25, 0.3) is 0 Å². The summed E-state index contributed by atoms with van der Waals surface area (Å²) in [6.45, 7) is 3.94. The Balaban J connectivity index is 2.16. The van der Waals surface area contributed by atoms with Crippen molar-refractivity contribution in [1.29, 1.82) is 0 Å². The highest BCUT2D eigenvalue weighted by molar-refractivity contribution is 9.10. The number of aromatic nitrogens is 2. The van der Waals surface area contributed by atoms with Crippen molar-refractivity contribution in [2.75, 3.05) is 0 Å². The molecule has 1 aromatic heterocycles. The fraction of sp³-hybridized carbons (Fsp3) is 0.133. The zero-order chi connectivity index (χ0) is 14.3. The molecule has 0 aliphatic rings. The Morgan fingerprint density at radius 3 is 2.50 bits per heavy atom. The van der Waals surface area contributed by atoms with Crippen molar-refractivity contribution in [3.05, 3.63) is 58.2 Å². The van der Waals surface area contributed by atoms with Gasteiger partial charge in [0, 0.05) is 9.86 Å². The zero-order valence-corrected chi connectivity index (χ0v) is 13.5. The minimum absolute atomic E-state index is 0.750. The third-order valence-corrected chi connectivity index (χ3v) is 4.94. The summed E-state index contributed by atoms with van der Waals surface area (Å²) in [6.07, 6.45) is 0. The first-order valence-corrected chi connectivity index (χ1v) is 8.10. The summed E-state index contributed by atoms with van der Waals surface area (Å²) in [4.78, 5) is 0.750. The molecule has 102 valence electrons. The summed E-state index contributed by atoms with van der Waals surface area (Å²) in [5, 5.41) is 5.45. The lowest BCUT2D eigenvalue weighted by Crippen LogP contribution is -2.06. The molecule has 0 radical (unpaired) electrons. The summed E-state index contributed by atoms with van der Waals surface area (Å²) in [5.74, 6) is 0. The van der Waals surface area contributed by atoms with E-state index in [0.717, 1.165) is 31.5 Å². The van der Waals surface area contributed by atoms with Gasteiger partial charge in [-0.1, -0.05) is 33.6 Å². The first-order valence-electron chi connectivity index (χ1n) is 6.20. The van der Waals surface area contributed by atoms with Gasteiger partial charge in [0.05, 0.1) is 16.1 Å². The van der Waals surface area contributed by atoms with Crippen molar-refractivity contribution in [2.24, 2.45) is 0 Å². The fourth-order valence-electron chi connectivity index (χ4n) is 2.09. The van der Waals surface area contributed by atoms with Crippen LogP contribution in [-0.2, 0) is 11.0 Å². The lowest BCUT2D eigenvalue weighted by molar-refractivity contribution is 0.672. The van der Waals surface area contributed by atoms with E-state index >= 15 is 0 Å². The molecule has 0 aliphatic carbocycles. The summed E-state index contributed by atoms with van der Waals surface area (Å²) >= 11 is 3.45. The number of hydrogen-bond acceptors (Lipinski definition) is 2. The normalized spacial score (nSPS) is 12.8. The topological polar surface area (TPSA) is 34.9 Å². The minimum atomic E-state index is -1.33. The Morgan fingerprint density at radius 2 is 1.80 bits per heavy atom. The Hall–Kier alpha value is -1.46. The molecule has 0 aliphatic heterocycles. The first kappa shape index (κ1) is 13.5. The number of hydrogen-bond donors (Lipinski definition) is 0. The van der Waals surface area contributed by atoms with Crippen molar-refractivity contribution in [3.8, 4) is 0 Å². The van der Waals surface area contributed by atoms with Crippen molar-refractivity contribution in [1.82, 2.24) is 9.19 Å². The van der Waals surface area contributed by atoms with Crippen LogP contribution < -0.4 is 0 Å². The maximum absolute atomic E-state index is 12.7. The third kappa shape index (κ3) is 2.31. The second kappa shape index (κ2) is 5.14. The fourth-order valence-corrected chi connectivity index (χ4v) is 3.54. The van der Waals surface area contributed by atoms with Crippen LogP contribution in [0.1, 0.15) is 11.3 Å². The third-order valence-electron chi connectivity index (χ3n) is 3.18. The van der Waals surface area contributed by atoms with Gasteiger partial charge < -0.3 is 0 Å². The quantitative estimate of drug-likeness (QED) is 0.701. The Morgan fingerprint density at radius 1 is 1.10 bits per heavy atom. The monoisotopic (exact) mass is 348 g/mol. The van der Waals surface area contributed by atoms with E-state index in [4.69, 9.17) is 0 Å². The van der Waals surface area contributed by atoms with E-state index in [1.54, 1.807) is 4.09 Å². The van der Waals surface area contributed by atoms with Crippen molar-refractivity contribution >= 4 is 37.8 Å². The molecule has 0 fully saturated rings. The average Bonchev–Trinajstić information content (AvgIpc) is 2.75. The molecule has 20 heavy (non-hydrogen) atoms. The van der Waals surface area contributed by atoms with Gasteiger partial charge in [0.1, 0.15) is 0 Å². The maximum Gasteiger partial charge on any atom is 0.173 e. The van der Waals surface area contributed by atoms with Gasteiger partial charge in [-0.3, -0.25) is 0 Å². The summed E-state index contributed by atoms with van der Waals surface area (Å²) in [7, 11) is -1.33. The molecule has 1 atom stereocenters. The average molecular weight is 349 g/mol.